The number of anilines is 1. The molecule has 0 radical (unpaired) electrons. The van der Waals surface area contributed by atoms with Gasteiger partial charge in [0.1, 0.15) is 11.8 Å². The molecule has 3 N–H and O–H groups in total. The van der Waals surface area contributed by atoms with Gasteiger partial charge in [-0.05, 0) is 44.5 Å². The van der Waals surface area contributed by atoms with Crippen molar-refractivity contribution < 1.29 is 14.3 Å². The van der Waals surface area contributed by atoms with Gasteiger partial charge in [-0.3, -0.25) is 4.79 Å². The molecule has 1 unspecified atom stereocenters. The second-order valence-corrected chi connectivity index (χ2v) is 4.70. The summed E-state index contributed by atoms with van der Waals surface area (Å²) in [5, 5.41) is 2.75. The monoisotopic (exact) mass is 266 g/mol. The van der Waals surface area contributed by atoms with E-state index in [1.165, 1.54) is 7.11 Å². The van der Waals surface area contributed by atoms with E-state index in [1.807, 2.05) is 32.9 Å². The summed E-state index contributed by atoms with van der Waals surface area (Å²) in [5.41, 5.74) is 7.31. The molecule has 1 atom stereocenters. The van der Waals surface area contributed by atoms with Crippen molar-refractivity contribution in [1.29, 1.82) is 0 Å². The Morgan fingerprint density at radius 3 is 2.63 bits per heavy atom. The van der Waals surface area contributed by atoms with E-state index >= 15 is 0 Å². The fourth-order valence-corrected chi connectivity index (χ4v) is 1.60. The third-order valence-electron chi connectivity index (χ3n) is 2.49. The number of benzene rings is 1. The van der Waals surface area contributed by atoms with E-state index in [1.54, 1.807) is 6.07 Å². The van der Waals surface area contributed by atoms with Crippen LogP contribution >= 0.6 is 0 Å². The molecule has 106 valence electrons. The first-order chi connectivity index (χ1) is 8.93. The van der Waals surface area contributed by atoms with Crippen molar-refractivity contribution in [3.63, 3.8) is 0 Å². The Morgan fingerprint density at radius 2 is 2.11 bits per heavy atom. The highest BCUT2D eigenvalue weighted by molar-refractivity contribution is 5.94. The number of hydrogen-bond acceptors (Lipinski definition) is 4. The lowest BCUT2D eigenvalue weighted by Crippen LogP contribution is -2.39. The van der Waals surface area contributed by atoms with Crippen molar-refractivity contribution in [3.8, 4) is 5.75 Å². The predicted molar refractivity (Wildman–Crippen MR) is 75.4 cm³/mol. The second-order valence-electron chi connectivity index (χ2n) is 4.70. The van der Waals surface area contributed by atoms with Crippen molar-refractivity contribution in [1.82, 2.24) is 0 Å². The fourth-order valence-electron chi connectivity index (χ4n) is 1.60. The maximum atomic E-state index is 11.7. The number of carbonyl (C=O) groups excluding carboxylic acids is 1. The molecule has 0 aliphatic carbocycles. The zero-order chi connectivity index (χ0) is 14.4. The lowest BCUT2D eigenvalue weighted by Gasteiger charge is -2.15. The lowest BCUT2D eigenvalue weighted by molar-refractivity contribution is -0.118. The van der Waals surface area contributed by atoms with Crippen LogP contribution in [0.15, 0.2) is 18.2 Å². The molecule has 0 aromatic heterocycles. The number of nitrogens with two attached hydrogens (primary N) is 1. The van der Waals surface area contributed by atoms with E-state index in [9.17, 15) is 4.79 Å². The zero-order valence-electron chi connectivity index (χ0n) is 11.9. The largest absolute Gasteiger partial charge is 0.491 e. The van der Waals surface area contributed by atoms with Crippen LogP contribution in [0.1, 0.15) is 19.4 Å². The molecule has 0 saturated heterocycles. The number of carbonyl (C=O) groups is 1. The van der Waals surface area contributed by atoms with Crippen LogP contribution in [0.5, 0.6) is 5.75 Å². The van der Waals surface area contributed by atoms with Crippen molar-refractivity contribution in [3.05, 3.63) is 23.8 Å². The lowest BCUT2D eigenvalue weighted by atomic mass is 10.2. The van der Waals surface area contributed by atoms with E-state index in [2.05, 4.69) is 5.32 Å². The minimum absolute atomic E-state index is 0.120. The zero-order valence-corrected chi connectivity index (χ0v) is 11.9. The molecule has 19 heavy (non-hydrogen) atoms. The van der Waals surface area contributed by atoms with E-state index in [0.717, 1.165) is 11.3 Å². The Hall–Kier alpha value is -1.59. The Kier molecular flexibility index (Phi) is 5.79. The summed E-state index contributed by atoms with van der Waals surface area (Å²) in [5.74, 6) is 0.549. The van der Waals surface area contributed by atoms with E-state index in [0.29, 0.717) is 5.69 Å². The number of nitrogens with one attached hydrogen (secondary N) is 1. The fraction of sp³-hybridized carbons (Fsp3) is 0.500. The summed E-state index contributed by atoms with van der Waals surface area (Å²) in [6.45, 7) is 6.07. The van der Waals surface area contributed by atoms with Crippen molar-refractivity contribution in [2.45, 2.75) is 32.9 Å². The number of ether oxygens (including phenoxy) is 2. The van der Waals surface area contributed by atoms with Gasteiger partial charge in [0, 0.05) is 12.8 Å². The number of rotatable bonds is 6. The molecular formula is C14H22N2O3. The van der Waals surface area contributed by atoms with Crippen molar-refractivity contribution in [2.24, 2.45) is 5.73 Å². The van der Waals surface area contributed by atoms with E-state index < -0.39 is 6.04 Å². The second kappa shape index (κ2) is 7.11. The van der Waals surface area contributed by atoms with Gasteiger partial charge in [0.15, 0.2) is 0 Å². The maximum Gasteiger partial charge on any atom is 0.243 e. The number of aryl methyl sites for hydroxylation is 1. The molecule has 0 aliphatic rings. The van der Waals surface area contributed by atoms with E-state index in [4.69, 9.17) is 15.2 Å². The van der Waals surface area contributed by atoms with Gasteiger partial charge in [0.05, 0.1) is 12.7 Å². The number of amides is 1. The molecule has 0 fully saturated rings. The highest BCUT2D eigenvalue weighted by atomic mass is 16.5. The topological polar surface area (TPSA) is 73.6 Å². The Labute approximate surface area is 114 Å². The molecule has 0 spiro atoms. The molecule has 1 aromatic carbocycles. The standard InChI is InChI=1S/C14H22N2O3/c1-9(2)19-13-6-5-11(7-10(13)3)16-14(17)12(15)8-18-4/h5-7,9,12H,8,15H2,1-4H3,(H,16,17). The summed E-state index contributed by atoms with van der Waals surface area (Å²) >= 11 is 0. The third-order valence-corrected chi connectivity index (χ3v) is 2.49. The summed E-state index contributed by atoms with van der Waals surface area (Å²) in [4.78, 5) is 11.7. The minimum Gasteiger partial charge on any atom is -0.491 e. The normalized spacial score (nSPS) is 12.3. The molecular weight excluding hydrogens is 244 g/mol. The Balaban J connectivity index is 2.70. The summed E-state index contributed by atoms with van der Waals surface area (Å²) in [6, 6.07) is 4.82. The van der Waals surface area contributed by atoms with Gasteiger partial charge in [-0.25, -0.2) is 0 Å². The molecule has 1 aromatic rings. The average molecular weight is 266 g/mol. The first-order valence-electron chi connectivity index (χ1n) is 6.26. The third kappa shape index (κ3) is 4.89. The van der Waals surface area contributed by atoms with Crippen LogP contribution in [-0.2, 0) is 9.53 Å². The Morgan fingerprint density at radius 1 is 1.42 bits per heavy atom. The van der Waals surface area contributed by atoms with Crippen molar-refractivity contribution >= 4 is 11.6 Å². The molecule has 1 rings (SSSR count). The van der Waals surface area contributed by atoms with E-state index in [-0.39, 0.29) is 18.6 Å². The highest BCUT2D eigenvalue weighted by Crippen LogP contribution is 2.23. The molecule has 5 heteroatoms. The van der Waals surface area contributed by atoms with Crippen LogP contribution in [0, 0.1) is 6.92 Å². The quantitative estimate of drug-likeness (QED) is 0.822. The molecule has 0 aliphatic heterocycles. The maximum absolute atomic E-state index is 11.7. The smallest absolute Gasteiger partial charge is 0.243 e. The van der Waals surface area contributed by atoms with Crippen molar-refractivity contribution in [2.75, 3.05) is 19.0 Å². The number of methoxy groups -OCH3 is 1. The SMILES string of the molecule is COCC(N)C(=O)Nc1ccc(OC(C)C)c(C)c1. The highest BCUT2D eigenvalue weighted by Gasteiger charge is 2.13. The van der Waals surface area contributed by atoms with Crippen LogP contribution in [0.3, 0.4) is 0 Å². The van der Waals surface area contributed by atoms with Crippen LogP contribution in [0.4, 0.5) is 5.69 Å². The molecule has 0 saturated carbocycles. The van der Waals surface area contributed by atoms with Gasteiger partial charge in [0.2, 0.25) is 5.91 Å². The molecule has 1 amide bonds. The van der Waals surface area contributed by atoms with Gasteiger partial charge in [0.25, 0.3) is 0 Å². The molecule has 5 nitrogen and oxygen atoms in total. The van der Waals surface area contributed by atoms with Gasteiger partial charge in [-0.2, -0.15) is 0 Å². The van der Waals surface area contributed by atoms with Crippen LogP contribution < -0.4 is 15.8 Å². The minimum atomic E-state index is -0.670. The van der Waals surface area contributed by atoms with Crippen LogP contribution in [-0.4, -0.2) is 31.8 Å². The number of hydrogen-bond donors (Lipinski definition) is 2. The molecule has 0 bridgehead atoms. The van der Waals surface area contributed by atoms with Gasteiger partial charge in [-0.15, -0.1) is 0 Å². The van der Waals surface area contributed by atoms with Gasteiger partial charge in [-0.1, -0.05) is 0 Å². The first-order valence-corrected chi connectivity index (χ1v) is 6.26. The summed E-state index contributed by atoms with van der Waals surface area (Å²) in [7, 11) is 1.51. The van der Waals surface area contributed by atoms with Crippen LogP contribution in [0.25, 0.3) is 0 Å². The predicted octanol–water partition coefficient (Wildman–Crippen LogP) is 1.69. The molecule has 0 heterocycles. The Bertz CT molecular complexity index is 433. The summed E-state index contributed by atoms with van der Waals surface area (Å²) in [6.07, 6.45) is 0.120. The average Bonchev–Trinajstić information content (AvgIpc) is 2.32. The first kappa shape index (κ1) is 15.5. The summed E-state index contributed by atoms with van der Waals surface area (Å²) < 4.78 is 10.5. The van der Waals surface area contributed by atoms with Gasteiger partial charge < -0.3 is 20.5 Å². The van der Waals surface area contributed by atoms with Crippen LogP contribution in [0.2, 0.25) is 0 Å². The van der Waals surface area contributed by atoms with Gasteiger partial charge >= 0.3 is 0 Å².